The van der Waals surface area contributed by atoms with Crippen molar-refractivity contribution >= 4 is 35.5 Å². The van der Waals surface area contributed by atoms with Crippen LogP contribution in [0.3, 0.4) is 0 Å². The minimum absolute atomic E-state index is 0.0271. The standard InChI is InChI=1S/C20H26N6O3/c1-13-10-14(18(21)28)4-5-16(13)23-20-22-11-17(25(2)3)19(24-20)26(12-27)15-6-8-29-9-7-15/h4-5,10-12,15H,6-9H2,1-3H3,(H2,21,28)(H,22,23,24). The van der Waals surface area contributed by atoms with Crippen LogP contribution in [0.4, 0.5) is 23.1 Å². The largest absolute Gasteiger partial charge is 0.381 e. The lowest BCUT2D eigenvalue weighted by molar-refractivity contribution is -0.108. The molecule has 1 aromatic heterocycles. The Balaban J connectivity index is 1.94. The Labute approximate surface area is 169 Å². The first-order valence-electron chi connectivity index (χ1n) is 9.44. The molecule has 3 rings (SSSR count). The van der Waals surface area contributed by atoms with E-state index in [0.717, 1.165) is 36.2 Å². The van der Waals surface area contributed by atoms with E-state index < -0.39 is 5.91 Å². The quantitative estimate of drug-likeness (QED) is 0.684. The van der Waals surface area contributed by atoms with Crippen LogP contribution in [0, 0.1) is 6.92 Å². The van der Waals surface area contributed by atoms with Crippen molar-refractivity contribution in [2.24, 2.45) is 5.73 Å². The van der Waals surface area contributed by atoms with Gasteiger partial charge in [0.1, 0.15) is 0 Å². The van der Waals surface area contributed by atoms with E-state index in [1.165, 1.54) is 0 Å². The number of aryl methyl sites for hydroxylation is 1. The molecule has 2 heterocycles. The lowest BCUT2D eigenvalue weighted by Crippen LogP contribution is -2.40. The third kappa shape index (κ3) is 4.62. The van der Waals surface area contributed by atoms with Gasteiger partial charge in [0, 0.05) is 44.6 Å². The number of carbonyl (C=O) groups is 2. The molecule has 9 heteroatoms. The van der Waals surface area contributed by atoms with Crippen molar-refractivity contribution in [3.05, 3.63) is 35.5 Å². The summed E-state index contributed by atoms with van der Waals surface area (Å²) in [6.45, 7) is 3.10. The van der Waals surface area contributed by atoms with Gasteiger partial charge in [-0.3, -0.25) is 14.5 Å². The monoisotopic (exact) mass is 398 g/mol. The first-order valence-corrected chi connectivity index (χ1v) is 9.44. The van der Waals surface area contributed by atoms with Gasteiger partial charge in [0.05, 0.1) is 11.9 Å². The zero-order valence-electron chi connectivity index (χ0n) is 16.9. The topological polar surface area (TPSA) is 114 Å². The molecular formula is C20H26N6O3. The summed E-state index contributed by atoms with van der Waals surface area (Å²) in [6, 6.07) is 5.14. The molecule has 29 heavy (non-hydrogen) atoms. The summed E-state index contributed by atoms with van der Waals surface area (Å²) in [5.74, 6) is 0.423. The molecule has 1 aliphatic heterocycles. The Bertz CT molecular complexity index is 896. The number of nitrogens with zero attached hydrogens (tertiary/aromatic N) is 4. The number of nitrogens with two attached hydrogens (primary N) is 1. The zero-order valence-corrected chi connectivity index (χ0v) is 16.9. The van der Waals surface area contributed by atoms with Gasteiger partial charge in [0.2, 0.25) is 18.3 Å². The van der Waals surface area contributed by atoms with Crippen LogP contribution in [0.15, 0.2) is 24.4 Å². The van der Waals surface area contributed by atoms with Crippen LogP contribution in [0.25, 0.3) is 0 Å². The van der Waals surface area contributed by atoms with Gasteiger partial charge in [0.15, 0.2) is 5.82 Å². The number of anilines is 4. The van der Waals surface area contributed by atoms with Gasteiger partial charge in [0.25, 0.3) is 0 Å². The maximum Gasteiger partial charge on any atom is 0.248 e. The fourth-order valence-corrected chi connectivity index (χ4v) is 3.28. The van der Waals surface area contributed by atoms with Gasteiger partial charge in [-0.25, -0.2) is 4.98 Å². The lowest BCUT2D eigenvalue weighted by Gasteiger charge is -2.32. The highest BCUT2D eigenvalue weighted by Crippen LogP contribution is 2.30. The van der Waals surface area contributed by atoms with Crippen LogP contribution >= 0.6 is 0 Å². The van der Waals surface area contributed by atoms with Crippen LogP contribution in [0.5, 0.6) is 0 Å². The summed E-state index contributed by atoms with van der Waals surface area (Å²) in [5, 5.41) is 3.17. The normalized spacial score (nSPS) is 14.3. The Hall–Kier alpha value is -3.20. The Kier molecular flexibility index (Phi) is 6.28. The molecule has 1 fully saturated rings. The third-order valence-electron chi connectivity index (χ3n) is 4.93. The molecule has 2 amide bonds. The molecule has 3 N–H and O–H groups in total. The second kappa shape index (κ2) is 8.87. The number of hydrogen-bond donors (Lipinski definition) is 2. The van der Waals surface area contributed by atoms with Crippen LogP contribution in [0.2, 0.25) is 0 Å². The van der Waals surface area contributed by atoms with E-state index in [9.17, 15) is 9.59 Å². The van der Waals surface area contributed by atoms with Crippen LogP contribution < -0.4 is 20.9 Å². The molecule has 0 unspecified atom stereocenters. The second-order valence-electron chi connectivity index (χ2n) is 7.17. The number of primary amides is 1. The Morgan fingerprint density at radius 2 is 2.03 bits per heavy atom. The highest BCUT2D eigenvalue weighted by Gasteiger charge is 2.26. The molecule has 154 valence electrons. The smallest absolute Gasteiger partial charge is 0.248 e. The van der Waals surface area contributed by atoms with E-state index in [0.29, 0.717) is 30.5 Å². The number of carbonyl (C=O) groups excluding carboxylic acids is 2. The molecule has 1 aromatic carbocycles. The van der Waals surface area contributed by atoms with E-state index >= 15 is 0 Å². The average Bonchev–Trinajstić information content (AvgIpc) is 2.71. The van der Waals surface area contributed by atoms with E-state index in [-0.39, 0.29) is 6.04 Å². The average molecular weight is 398 g/mol. The summed E-state index contributed by atoms with van der Waals surface area (Å²) >= 11 is 0. The Morgan fingerprint density at radius 1 is 1.31 bits per heavy atom. The molecule has 0 radical (unpaired) electrons. The molecule has 0 atom stereocenters. The van der Waals surface area contributed by atoms with Crippen molar-refractivity contribution < 1.29 is 14.3 Å². The lowest BCUT2D eigenvalue weighted by atomic mass is 10.1. The molecule has 0 spiro atoms. The van der Waals surface area contributed by atoms with Crippen molar-refractivity contribution in [2.45, 2.75) is 25.8 Å². The van der Waals surface area contributed by atoms with Crippen molar-refractivity contribution in [3.8, 4) is 0 Å². The van der Waals surface area contributed by atoms with Crippen LogP contribution in [-0.4, -0.2) is 55.6 Å². The van der Waals surface area contributed by atoms with E-state index in [2.05, 4.69) is 15.3 Å². The molecular weight excluding hydrogens is 372 g/mol. The van der Waals surface area contributed by atoms with E-state index in [4.69, 9.17) is 10.5 Å². The number of aromatic nitrogens is 2. The number of hydrogen-bond acceptors (Lipinski definition) is 7. The number of amides is 2. The van der Waals surface area contributed by atoms with Crippen LogP contribution in [-0.2, 0) is 9.53 Å². The maximum atomic E-state index is 11.9. The number of nitrogens with one attached hydrogen (secondary N) is 1. The highest BCUT2D eigenvalue weighted by atomic mass is 16.5. The van der Waals surface area contributed by atoms with Crippen molar-refractivity contribution in [1.82, 2.24) is 9.97 Å². The highest BCUT2D eigenvalue weighted by molar-refractivity contribution is 5.93. The molecule has 1 saturated heterocycles. The summed E-state index contributed by atoms with van der Waals surface area (Å²) in [4.78, 5) is 35.9. The van der Waals surface area contributed by atoms with E-state index in [1.54, 1.807) is 29.3 Å². The first kappa shape index (κ1) is 20.5. The minimum atomic E-state index is -0.480. The SMILES string of the molecule is Cc1cc(C(N)=O)ccc1Nc1ncc(N(C)C)c(N(C=O)C2CCOCC2)n1. The van der Waals surface area contributed by atoms with Gasteiger partial charge < -0.3 is 20.7 Å². The fourth-order valence-electron chi connectivity index (χ4n) is 3.28. The Morgan fingerprint density at radius 3 is 2.62 bits per heavy atom. The number of ether oxygens (including phenoxy) is 1. The summed E-state index contributed by atoms with van der Waals surface area (Å²) in [6.07, 6.45) is 4.02. The number of rotatable bonds is 7. The predicted molar refractivity (Wildman–Crippen MR) is 112 cm³/mol. The minimum Gasteiger partial charge on any atom is -0.381 e. The molecule has 2 aromatic rings. The molecule has 0 saturated carbocycles. The van der Waals surface area contributed by atoms with Gasteiger partial charge in [-0.05, 0) is 43.5 Å². The van der Waals surface area contributed by atoms with Crippen molar-refractivity contribution in [1.29, 1.82) is 0 Å². The van der Waals surface area contributed by atoms with Crippen LogP contribution in [0.1, 0.15) is 28.8 Å². The van der Waals surface area contributed by atoms with Gasteiger partial charge in [-0.1, -0.05) is 0 Å². The van der Waals surface area contributed by atoms with Crippen molar-refractivity contribution in [2.75, 3.05) is 42.4 Å². The predicted octanol–water partition coefficient (Wildman–Crippen LogP) is 1.84. The summed E-state index contributed by atoms with van der Waals surface area (Å²) in [7, 11) is 3.77. The maximum absolute atomic E-state index is 11.9. The molecule has 1 aliphatic rings. The van der Waals surface area contributed by atoms with Gasteiger partial charge in [-0.2, -0.15) is 4.98 Å². The molecule has 0 bridgehead atoms. The van der Waals surface area contributed by atoms with Gasteiger partial charge in [-0.15, -0.1) is 0 Å². The zero-order chi connectivity index (χ0) is 21.0. The van der Waals surface area contributed by atoms with Gasteiger partial charge >= 0.3 is 0 Å². The van der Waals surface area contributed by atoms with E-state index in [1.807, 2.05) is 25.9 Å². The summed E-state index contributed by atoms with van der Waals surface area (Å²) < 4.78 is 5.42. The summed E-state index contributed by atoms with van der Waals surface area (Å²) in [5.41, 5.74) is 8.10. The van der Waals surface area contributed by atoms with Crippen molar-refractivity contribution in [3.63, 3.8) is 0 Å². The first-order chi connectivity index (χ1) is 13.9. The third-order valence-corrected chi connectivity index (χ3v) is 4.93. The fraction of sp³-hybridized carbons (Fsp3) is 0.400. The molecule has 9 nitrogen and oxygen atoms in total. The second-order valence-corrected chi connectivity index (χ2v) is 7.17. The number of benzene rings is 1. The molecule has 0 aliphatic carbocycles.